The van der Waals surface area contributed by atoms with Gasteiger partial charge < -0.3 is 4.74 Å². The van der Waals surface area contributed by atoms with Gasteiger partial charge in [-0.2, -0.15) is 0 Å². The molecule has 1 aromatic rings. The lowest BCUT2D eigenvalue weighted by Crippen LogP contribution is -2.21. The van der Waals surface area contributed by atoms with E-state index in [0.29, 0.717) is 5.88 Å². The van der Waals surface area contributed by atoms with Crippen molar-refractivity contribution >= 4 is 0 Å². The Labute approximate surface area is 81.9 Å². The molecule has 78 valence electrons. The smallest absolute Gasteiger partial charge is 0.276 e. The van der Waals surface area contributed by atoms with Crippen molar-refractivity contribution in [3.8, 4) is 5.88 Å². The molecule has 0 N–H and O–H groups in total. The molecule has 0 atom stereocenters. The molecule has 0 aliphatic carbocycles. The van der Waals surface area contributed by atoms with Crippen molar-refractivity contribution in [2.24, 2.45) is 5.92 Å². The molecule has 0 saturated carbocycles. The van der Waals surface area contributed by atoms with Crippen LogP contribution in [0, 0.1) is 5.92 Å². The molecular weight excluding hydrogens is 188 g/mol. The van der Waals surface area contributed by atoms with Crippen LogP contribution in [0.2, 0.25) is 0 Å². The zero-order chi connectivity index (χ0) is 10.8. The summed E-state index contributed by atoms with van der Waals surface area (Å²) in [5.41, 5.74) is -0.0756. The molecule has 0 fully saturated rings. The summed E-state index contributed by atoms with van der Waals surface area (Å²) >= 11 is 0. The number of methoxy groups -OCH3 is 1. The number of pyridine rings is 1. The highest BCUT2D eigenvalue weighted by Crippen LogP contribution is 2.35. The zero-order valence-corrected chi connectivity index (χ0v) is 8.42. The Kier molecular flexibility index (Phi) is 3.03. The quantitative estimate of drug-likeness (QED) is 0.750. The van der Waals surface area contributed by atoms with E-state index < -0.39 is 11.8 Å². The maximum atomic E-state index is 13.4. The molecule has 1 rings (SSSR count). The van der Waals surface area contributed by atoms with Crippen LogP contribution in [-0.2, 0) is 5.92 Å². The number of halogens is 2. The lowest BCUT2D eigenvalue weighted by molar-refractivity contribution is -0.0517. The summed E-state index contributed by atoms with van der Waals surface area (Å²) in [5, 5.41) is 0. The van der Waals surface area contributed by atoms with Gasteiger partial charge in [0.1, 0.15) is 0 Å². The fraction of sp³-hybridized carbons (Fsp3) is 0.500. The second kappa shape index (κ2) is 3.90. The maximum absolute atomic E-state index is 13.4. The predicted octanol–water partition coefficient (Wildman–Crippen LogP) is 2.84. The summed E-state index contributed by atoms with van der Waals surface area (Å²) in [4.78, 5) is 3.74. The van der Waals surface area contributed by atoms with E-state index in [1.807, 2.05) is 0 Å². The van der Waals surface area contributed by atoms with Gasteiger partial charge in [-0.15, -0.1) is 0 Å². The van der Waals surface area contributed by atoms with Crippen LogP contribution in [0.15, 0.2) is 18.3 Å². The zero-order valence-electron chi connectivity index (χ0n) is 8.42. The molecular formula is C10H13F2NO. The maximum Gasteiger partial charge on any atom is 0.276 e. The SMILES string of the molecule is COc1ccc(C(F)(F)C(C)C)cn1. The minimum atomic E-state index is -2.83. The highest BCUT2D eigenvalue weighted by atomic mass is 19.3. The van der Waals surface area contributed by atoms with Crippen molar-refractivity contribution < 1.29 is 13.5 Å². The van der Waals surface area contributed by atoms with Crippen molar-refractivity contribution in [2.45, 2.75) is 19.8 Å². The predicted molar refractivity (Wildman–Crippen MR) is 49.5 cm³/mol. The number of aromatic nitrogens is 1. The molecule has 14 heavy (non-hydrogen) atoms. The fourth-order valence-electron chi connectivity index (χ4n) is 1.03. The summed E-state index contributed by atoms with van der Waals surface area (Å²) in [6.45, 7) is 2.95. The normalized spacial score (nSPS) is 11.9. The first kappa shape index (κ1) is 10.9. The van der Waals surface area contributed by atoms with E-state index in [0.717, 1.165) is 6.20 Å². The number of hydrogen-bond acceptors (Lipinski definition) is 2. The van der Waals surface area contributed by atoms with Crippen molar-refractivity contribution in [3.63, 3.8) is 0 Å². The molecule has 0 aromatic carbocycles. The van der Waals surface area contributed by atoms with E-state index in [4.69, 9.17) is 4.74 Å². The third-order valence-electron chi connectivity index (χ3n) is 2.06. The standard InChI is InChI=1S/C10H13F2NO/c1-7(2)10(11,12)8-4-5-9(14-3)13-6-8/h4-7H,1-3H3. The number of alkyl halides is 2. The Morgan fingerprint density at radius 3 is 2.36 bits per heavy atom. The van der Waals surface area contributed by atoms with Gasteiger partial charge in [-0.05, 0) is 6.07 Å². The van der Waals surface area contributed by atoms with Crippen molar-refractivity contribution in [2.75, 3.05) is 7.11 Å². The monoisotopic (exact) mass is 201 g/mol. The number of nitrogens with zero attached hydrogens (tertiary/aromatic N) is 1. The van der Waals surface area contributed by atoms with Crippen LogP contribution in [0.25, 0.3) is 0 Å². The van der Waals surface area contributed by atoms with E-state index in [1.165, 1.54) is 33.1 Å². The highest BCUT2D eigenvalue weighted by Gasteiger charge is 2.35. The van der Waals surface area contributed by atoms with Crippen molar-refractivity contribution in [1.82, 2.24) is 4.98 Å². The van der Waals surface area contributed by atoms with Gasteiger partial charge in [0.05, 0.1) is 7.11 Å². The Morgan fingerprint density at radius 1 is 1.36 bits per heavy atom. The number of hydrogen-bond donors (Lipinski definition) is 0. The summed E-state index contributed by atoms with van der Waals surface area (Å²) < 4.78 is 31.7. The second-order valence-electron chi connectivity index (χ2n) is 3.37. The fourth-order valence-corrected chi connectivity index (χ4v) is 1.03. The molecule has 2 nitrogen and oxygen atoms in total. The van der Waals surface area contributed by atoms with Gasteiger partial charge in [-0.25, -0.2) is 13.8 Å². The molecule has 4 heteroatoms. The Morgan fingerprint density at radius 2 is 2.00 bits per heavy atom. The highest BCUT2D eigenvalue weighted by molar-refractivity contribution is 5.22. The summed E-state index contributed by atoms with van der Waals surface area (Å²) in [7, 11) is 1.45. The molecule has 0 radical (unpaired) electrons. The lowest BCUT2D eigenvalue weighted by atomic mass is 9.99. The summed E-state index contributed by atoms with van der Waals surface area (Å²) in [5.74, 6) is -3.23. The summed E-state index contributed by atoms with van der Waals surface area (Å²) in [6.07, 6.45) is 1.15. The molecule has 1 heterocycles. The van der Waals surface area contributed by atoms with Gasteiger partial charge >= 0.3 is 0 Å². The van der Waals surface area contributed by atoms with Gasteiger partial charge in [0.15, 0.2) is 0 Å². The van der Waals surface area contributed by atoms with E-state index in [9.17, 15) is 8.78 Å². The molecule has 0 bridgehead atoms. The first-order valence-corrected chi connectivity index (χ1v) is 4.36. The van der Waals surface area contributed by atoms with E-state index >= 15 is 0 Å². The van der Waals surface area contributed by atoms with Crippen LogP contribution < -0.4 is 4.74 Å². The second-order valence-corrected chi connectivity index (χ2v) is 3.37. The van der Waals surface area contributed by atoms with E-state index in [1.54, 1.807) is 0 Å². The van der Waals surface area contributed by atoms with E-state index in [-0.39, 0.29) is 5.56 Å². The lowest BCUT2D eigenvalue weighted by Gasteiger charge is -2.20. The summed E-state index contributed by atoms with van der Waals surface area (Å²) in [6, 6.07) is 2.78. The largest absolute Gasteiger partial charge is 0.481 e. The van der Waals surface area contributed by atoms with Gasteiger partial charge in [-0.1, -0.05) is 13.8 Å². The topological polar surface area (TPSA) is 22.1 Å². The number of ether oxygens (including phenoxy) is 1. The molecule has 1 aromatic heterocycles. The van der Waals surface area contributed by atoms with Gasteiger partial charge in [0, 0.05) is 23.7 Å². The Bertz CT molecular complexity index is 295. The first-order chi connectivity index (χ1) is 6.48. The molecule has 0 saturated heterocycles. The van der Waals surface area contributed by atoms with Crippen molar-refractivity contribution in [1.29, 1.82) is 0 Å². The third kappa shape index (κ3) is 2.00. The van der Waals surface area contributed by atoms with E-state index in [2.05, 4.69) is 4.98 Å². The average Bonchev–Trinajstić information content (AvgIpc) is 2.17. The van der Waals surface area contributed by atoms with Gasteiger partial charge in [0.2, 0.25) is 5.88 Å². The van der Waals surface area contributed by atoms with Crippen molar-refractivity contribution in [3.05, 3.63) is 23.9 Å². The van der Waals surface area contributed by atoms with Crippen LogP contribution in [-0.4, -0.2) is 12.1 Å². The van der Waals surface area contributed by atoms with Crippen LogP contribution in [0.5, 0.6) is 5.88 Å². The van der Waals surface area contributed by atoms with Crippen LogP contribution in [0.1, 0.15) is 19.4 Å². The molecule has 0 unspecified atom stereocenters. The Balaban J connectivity index is 2.97. The molecule has 0 spiro atoms. The van der Waals surface area contributed by atoms with Crippen LogP contribution >= 0.6 is 0 Å². The number of rotatable bonds is 3. The van der Waals surface area contributed by atoms with Gasteiger partial charge in [-0.3, -0.25) is 0 Å². The molecule has 0 aliphatic rings. The van der Waals surface area contributed by atoms with Crippen LogP contribution in [0.3, 0.4) is 0 Å². The van der Waals surface area contributed by atoms with Gasteiger partial charge in [0.25, 0.3) is 5.92 Å². The first-order valence-electron chi connectivity index (χ1n) is 4.36. The average molecular weight is 201 g/mol. The van der Waals surface area contributed by atoms with Crippen LogP contribution in [0.4, 0.5) is 8.78 Å². The molecule has 0 amide bonds. The molecule has 0 aliphatic heterocycles. The third-order valence-corrected chi connectivity index (χ3v) is 2.06. The minimum Gasteiger partial charge on any atom is -0.481 e. The minimum absolute atomic E-state index is 0.0756. The Hall–Kier alpha value is -1.19.